The molecule has 5 rings (SSSR count). The zero-order valence-corrected chi connectivity index (χ0v) is 19.8. The largest absolute Gasteiger partial charge is 0.422 e. The van der Waals surface area contributed by atoms with Gasteiger partial charge in [-0.2, -0.15) is 0 Å². The molecule has 5 aromatic rings. The van der Waals surface area contributed by atoms with E-state index in [1.807, 2.05) is 71.4 Å². The Balaban J connectivity index is 1.57. The van der Waals surface area contributed by atoms with Crippen LogP contribution in [0.15, 0.2) is 104 Å². The van der Waals surface area contributed by atoms with Gasteiger partial charge in [-0.1, -0.05) is 69.6 Å². The Morgan fingerprint density at radius 1 is 1.00 bits per heavy atom. The van der Waals surface area contributed by atoms with Crippen molar-refractivity contribution in [3.05, 3.63) is 111 Å². The number of imidazole rings is 1. The maximum atomic E-state index is 12.7. The number of nitrogens with zero attached hydrogens (tertiary/aromatic N) is 2. The first-order valence-corrected chi connectivity index (χ1v) is 12.0. The van der Waals surface area contributed by atoms with Crippen LogP contribution in [0.4, 0.5) is 0 Å². The molecule has 0 radical (unpaired) electrons. The van der Waals surface area contributed by atoms with Crippen LogP contribution in [0.2, 0.25) is 5.02 Å². The molecule has 2 aromatic heterocycles. The number of rotatable bonds is 5. The summed E-state index contributed by atoms with van der Waals surface area (Å²) in [6.45, 7) is 0. The van der Waals surface area contributed by atoms with Crippen LogP contribution in [0.25, 0.3) is 27.9 Å². The van der Waals surface area contributed by atoms with Gasteiger partial charge in [-0.15, -0.1) is 0 Å². The highest BCUT2D eigenvalue weighted by molar-refractivity contribution is 9.10. The van der Waals surface area contributed by atoms with Crippen LogP contribution < -0.4 is 5.63 Å². The van der Waals surface area contributed by atoms with Gasteiger partial charge in [0.05, 0.1) is 11.3 Å². The maximum absolute atomic E-state index is 12.7. The van der Waals surface area contributed by atoms with Gasteiger partial charge in [-0.05, 0) is 54.1 Å². The summed E-state index contributed by atoms with van der Waals surface area (Å²) < 4.78 is 8.54. The Morgan fingerprint density at radius 2 is 1.75 bits per heavy atom. The van der Waals surface area contributed by atoms with Crippen molar-refractivity contribution in [3.63, 3.8) is 0 Å². The standard InChI is InChI=1S/C25H16BrClN2O2S/c26-18-7-5-16(6-8-18)15-32-25-28-22(14-29(25)20-11-9-19(27)10-12-20)21-13-17-3-1-2-4-23(17)31-24(21)30/h1-14H,15H2. The van der Waals surface area contributed by atoms with Gasteiger partial charge in [0.15, 0.2) is 5.16 Å². The predicted octanol–water partition coefficient (Wildman–Crippen LogP) is 7.35. The average molecular weight is 524 g/mol. The van der Waals surface area contributed by atoms with Crippen LogP contribution in [-0.4, -0.2) is 9.55 Å². The van der Waals surface area contributed by atoms with Crippen molar-refractivity contribution in [2.75, 3.05) is 0 Å². The highest BCUT2D eigenvalue weighted by atomic mass is 79.9. The van der Waals surface area contributed by atoms with Gasteiger partial charge in [-0.3, -0.25) is 4.57 Å². The van der Waals surface area contributed by atoms with Crippen molar-refractivity contribution in [1.29, 1.82) is 0 Å². The summed E-state index contributed by atoms with van der Waals surface area (Å²) >= 11 is 11.2. The molecule has 4 nitrogen and oxygen atoms in total. The predicted molar refractivity (Wildman–Crippen MR) is 134 cm³/mol. The molecule has 0 fully saturated rings. The molecule has 0 aliphatic rings. The molecule has 0 N–H and O–H groups in total. The zero-order valence-electron chi connectivity index (χ0n) is 16.7. The summed E-state index contributed by atoms with van der Waals surface area (Å²) in [5.74, 6) is 0.740. The first-order chi connectivity index (χ1) is 15.6. The van der Waals surface area contributed by atoms with Gasteiger partial charge >= 0.3 is 5.63 Å². The minimum atomic E-state index is -0.408. The summed E-state index contributed by atoms with van der Waals surface area (Å²) in [6, 6.07) is 25.0. The topological polar surface area (TPSA) is 48.0 Å². The molecule has 0 spiro atoms. The minimum Gasteiger partial charge on any atom is -0.422 e. The van der Waals surface area contributed by atoms with Crippen molar-refractivity contribution < 1.29 is 4.42 Å². The molecule has 0 atom stereocenters. The van der Waals surface area contributed by atoms with E-state index < -0.39 is 5.63 Å². The third kappa shape index (κ3) is 4.39. The monoisotopic (exact) mass is 522 g/mol. The molecular weight excluding hydrogens is 508 g/mol. The number of fused-ring (bicyclic) bond motifs is 1. The summed E-state index contributed by atoms with van der Waals surface area (Å²) in [7, 11) is 0. The third-order valence-corrected chi connectivity index (χ3v) is 6.78. The van der Waals surface area contributed by atoms with E-state index in [4.69, 9.17) is 21.0 Å². The highest BCUT2D eigenvalue weighted by Crippen LogP contribution is 2.30. The summed E-state index contributed by atoms with van der Waals surface area (Å²) in [5, 5.41) is 2.29. The fourth-order valence-electron chi connectivity index (χ4n) is 3.35. The number of halogens is 2. The molecule has 0 aliphatic heterocycles. The van der Waals surface area contributed by atoms with E-state index in [0.29, 0.717) is 21.9 Å². The molecule has 0 saturated heterocycles. The van der Waals surface area contributed by atoms with Gasteiger partial charge in [0.25, 0.3) is 0 Å². The van der Waals surface area contributed by atoms with E-state index in [1.54, 1.807) is 17.8 Å². The van der Waals surface area contributed by atoms with E-state index in [2.05, 4.69) is 28.1 Å². The molecular formula is C25H16BrClN2O2S. The van der Waals surface area contributed by atoms with Crippen LogP contribution in [0, 0.1) is 0 Å². The average Bonchev–Trinajstić information content (AvgIpc) is 3.22. The second-order valence-electron chi connectivity index (χ2n) is 7.16. The van der Waals surface area contributed by atoms with Crippen LogP contribution in [0.5, 0.6) is 0 Å². The molecule has 2 heterocycles. The van der Waals surface area contributed by atoms with E-state index in [0.717, 1.165) is 26.5 Å². The Bertz CT molecular complexity index is 1460. The van der Waals surface area contributed by atoms with E-state index in [-0.39, 0.29) is 0 Å². The van der Waals surface area contributed by atoms with Gasteiger partial charge in [0.1, 0.15) is 5.58 Å². The van der Waals surface area contributed by atoms with E-state index in [1.165, 1.54) is 5.56 Å². The Kier molecular flexibility index (Phi) is 5.91. The first kappa shape index (κ1) is 21.1. The third-order valence-electron chi connectivity index (χ3n) is 4.98. The SMILES string of the molecule is O=c1oc2ccccc2cc1-c1cn(-c2ccc(Cl)cc2)c(SCc2ccc(Br)cc2)n1. The molecule has 0 saturated carbocycles. The highest BCUT2D eigenvalue weighted by Gasteiger charge is 2.16. The lowest BCUT2D eigenvalue weighted by Crippen LogP contribution is -2.02. The fraction of sp³-hybridized carbons (Fsp3) is 0.0400. The lowest BCUT2D eigenvalue weighted by molar-refractivity contribution is 0.563. The van der Waals surface area contributed by atoms with Crippen molar-refractivity contribution >= 4 is 50.3 Å². The lowest BCUT2D eigenvalue weighted by Gasteiger charge is -2.07. The van der Waals surface area contributed by atoms with Crippen LogP contribution in [0.1, 0.15) is 5.56 Å². The number of benzene rings is 3. The molecule has 7 heteroatoms. The number of thioether (sulfide) groups is 1. The van der Waals surface area contributed by atoms with Crippen molar-refractivity contribution in [1.82, 2.24) is 9.55 Å². The molecule has 0 aliphatic carbocycles. The smallest absolute Gasteiger partial charge is 0.345 e. The quantitative estimate of drug-likeness (QED) is 0.178. The summed E-state index contributed by atoms with van der Waals surface area (Å²) in [6.07, 6.45) is 1.87. The van der Waals surface area contributed by atoms with Crippen LogP contribution in [0.3, 0.4) is 0 Å². The van der Waals surface area contributed by atoms with Crippen LogP contribution in [-0.2, 0) is 5.75 Å². The molecule has 0 unspecified atom stereocenters. The van der Waals surface area contributed by atoms with Crippen molar-refractivity contribution in [2.24, 2.45) is 0 Å². The van der Waals surface area contributed by atoms with E-state index >= 15 is 0 Å². The lowest BCUT2D eigenvalue weighted by atomic mass is 10.1. The first-order valence-electron chi connectivity index (χ1n) is 9.83. The second kappa shape index (κ2) is 8.98. The van der Waals surface area contributed by atoms with Gasteiger partial charge < -0.3 is 4.42 Å². The minimum absolute atomic E-state index is 0.408. The van der Waals surface area contributed by atoms with E-state index in [9.17, 15) is 4.79 Å². The Morgan fingerprint density at radius 3 is 2.53 bits per heavy atom. The molecule has 158 valence electrons. The molecule has 32 heavy (non-hydrogen) atoms. The fourth-order valence-corrected chi connectivity index (χ4v) is 4.69. The van der Waals surface area contributed by atoms with Crippen molar-refractivity contribution in [3.8, 4) is 16.9 Å². The molecule has 0 amide bonds. The number of para-hydroxylation sites is 1. The van der Waals surface area contributed by atoms with Crippen LogP contribution >= 0.6 is 39.3 Å². The summed E-state index contributed by atoms with van der Waals surface area (Å²) in [5.41, 5.74) is 3.24. The molecule has 3 aromatic carbocycles. The normalized spacial score (nSPS) is 11.2. The second-order valence-corrected chi connectivity index (χ2v) is 9.45. The number of aromatic nitrogens is 2. The molecule has 0 bridgehead atoms. The zero-order chi connectivity index (χ0) is 22.1. The maximum Gasteiger partial charge on any atom is 0.345 e. The van der Waals surface area contributed by atoms with Crippen molar-refractivity contribution in [2.45, 2.75) is 10.9 Å². The number of hydrogen-bond donors (Lipinski definition) is 0. The Hall–Kier alpha value is -2.80. The van der Waals surface area contributed by atoms with Gasteiger partial charge in [0, 0.05) is 32.5 Å². The number of hydrogen-bond acceptors (Lipinski definition) is 4. The Labute approximate surface area is 202 Å². The van der Waals surface area contributed by atoms with Gasteiger partial charge in [-0.25, -0.2) is 9.78 Å². The summed E-state index contributed by atoms with van der Waals surface area (Å²) in [4.78, 5) is 17.5. The van der Waals surface area contributed by atoms with Gasteiger partial charge in [0.2, 0.25) is 0 Å².